The first-order valence-corrected chi connectivity index (χ1v) is 5.86. The van der Waals surface area contributed by atoms with Gasteiger partial charge < -0.3 is 0 Å². The molecule has 0 fully saturated rings. The summed E-state index contributed by atoms with van der Waals surface area (Å²) >= 11 is 0. The van der Waals surface area contributed by atoms with Gasteiger partial charge in [-0.15, -0.1) is 0 Å². The molecular formula is C15H18N2. The molecule has 2 rings (SSSR count). The van der Waals surface area contributed by atoms with E-state index in [0.717, 1.165) is 5.69 Å². The van der Waals surface area contributed by atoms with E-state index < -0.39 is 0 Å². The van der Waals surface area contributed by atoms with Crippen LogP contribution in [0.25, 0.3) is 11.3 Å². The number of nitrogens with zero attached hydrogens (tertiary/aromatic N) is 2. The van der Waals surface area contributed by atoms with Crippen LogP contribution in [-0.2, 0) is 5.41 Å². The summed E-state index contributed by atoms with van der Waals surface area (Å²) in [6, 6.07) is 8.37. The summed E-state index contributed by atoms with van der Waals surface area (Å²) < 4.78 is 0. The van der Waals surface area contributed by atoms with Crippen LogP contribution in [0.3, 0.4) is 0 Å². The Morgan fingerprint density at radius 3 is 2.41 bits per heavy atom. The average molecular weight is 226 g/mol. The molecule has 0 N–H and O–H groups in total. The van der Waals surface area contributed by atoms with Gasteiger partial charge in [-0.3, -0.25) is 0 Å². The molecule has 1 heterocycles. The summed E-state index contributed by atoms with van der Waals surface area (Å²) in [5, 5.41) is 0. The van der Waals surface area contributed by atoms with Crippen LogP contribution in [0.15, 0.2) is 36.8 Å². The quantitative estimate of drug-likeness (QED) is 0.740. The number of hydrogen-bond donors (Lipinski definition) is 0. The maximum atomic E-state index is 4.32. The van der Waals surface area contributed by atoms with Crippen LogP contribution >= 0.6 is 0 Å². The Kier molecular flexibility index (Phi) is 2.97. The fourth-order valence-electron chi connectivity index (χ4n) is 2.18. The lowest BCUT2D eigenvalue weighted by molar-refractivity contribution is 0.586. The minimum atomic E-state index is 0.160. The van der Waals surface area contributed by atoms with Crippen molar-refractivity contribution in [3.05, 3.63) is 47.9 Å². The Labute approximate surface area is 103 Å². The summed E-state index contributed by atoms with van der Waals surface area (Å²) in [5.41, 5.74) is 5.02. The normalized spacial score (nSPS) is 11.5. The molecule has 0 radical (unpaired) electrons. The van der Waals surface area contributed by atoms with E-state index in [1.807, 2.05) is 6.07 Å². The third-order valence-corrected chi connectivity index (χ3v) is 3.00. The van der Waals surface area contributed by atoms with E-state index in [2.05, 4.69) is 55.9 Å². The predicted octanol–water partition coefficient (Wildman–Crippen LogP) is 3.75. The Bertz CT molecular complexity index is 510. The third kappa shape index (κ3) is 2.36. The largest absolute Gasteiger partial charge is 0.245 e. The summed E-state index contributed by atoms with van der Waals surface area (Å²) in [5.74, 6) is 0. The van der Waals surface area contributed by atoms with Gasteiger partial charge in [0.05, 0.1) is 5.69 Å². The molecule has 0 aliphatic carbocycles. The lowest BCUT2D eigenvalue weighted by Gasteiger charge is -2.23. The molecule has 2 nitrogen and oxygen atoms in total. The highest BCUT2D eigenvalue weighted by Gasteiger charge is 2.18. The molecule has 1 aromatic heterocycles. The minimum absolute atomic E-state index is 0.160. The highest BCUT2D eigenvalue weighted by Crippen LogP contribution is 2.31. The molecule has 1 aromatic carbocycles. The first-order valence-electron chi connectivity index (χ1n) is 5.86. The summed E-state index contributed by atoms with van der Waals surface area (Å²) in [4.78, 5) is 8.28. The van der Waals surface area contributed by atoms with Crippen molar-refractivity contribution in [1.29, 1.82) is 0 Å². The molecule has 0 aliphatic heterocycles. The van der Waals surface area contributed by atoms with E-state index in [4.69, 9.17) is 0 Å². The molecule has 0 atom stereocenters. The first kappa shape index (κ1) is 11.8. The Balaban J connectivity index is 2.58. The summed E-state index contributed by atoms with van der Waals surface area (Å²) in [6.07, 6.45) is 3.38. The van der Waals surface area contributed by atoms with Gasteiger partial charge in [-0.25, -0.2) is 9.97 Å². The van der Waals surface area contributed by atoms with Crippen molar-refractivity contribution < 1.29 is 0 Å². The Morgan fingerprint density at radius 2 is 1.82 bits per heavy atom. The van der Waals surface area contributed by atoms with Gasteiger partial charge in [0, 0.05) is 11.8 Å². The Hall–Kier alpha value is -1.70. The van der Waals surface area contributed by atoms with Crippen LogP contribution in [0.1, 0.15) is 31.9 Å². The van der Waals surface area contributed by atoms with E-state index in [1.165, 1.54) is 16.7 Å². The van der Waals surface area contributed by atoms with Crippen LogP contribution in [0.5, 0.6) is 0 Å². The van der Waals surface area contributed by atoms with Crippen LogP contribution in [0.4, 0.5) is 0 Å². The van der Waals surface area contributed by atoms with Crippen LogP contribution in [0, 0.1) is 6.92 Å². The van der Waals surface area contributed by atoms with E-state index in [0.29, 0.717) is 0 Å². The number of benzene rings is 1. The van der Waals surface area contributed by atoms with Gasteiger partial charge in [-0.05, 0) is 29.5 Å². The molecule has 2 heteroatoms. The van der Waals surface area contributed by atoms with Crippen molar-refractivity contribution in [2.24, 2.45) is 0 Å². The molecule has 0 saturated carbocycles. The fourth-order valence-corrected chi connectivity index (χ4v) is 2.18. The number of hydrogen-bond acceptors (Lipinski definition) is 2. The molecule has 0 spiro atoms. The second-order valence-electron chi connectivity index (χ2n) is 5.32. The predicted molar refractivity (Wildman–Crippen MR) is 70.9 cm³/mol. The van der Waals surface area contributed by atoms with Gasteiger partial charge in [-0.1, -0.05) is 39.0 Å². The van der Waals surface area contributed by atoms with Crippen molar-refractivity contribution in [2.45, 2.75) is 33.1 Å². The fraction of sp³-hybridized carbons (Fsp3) is 0.333. The molecule has 0 aliphatic rings. The van der Waals surface area contributed by atoms with Gasteiger partial charge in [-0.2, -0.15) is 0 Å². The van der Waals surface area contributed by atoms with Crippen molar-refractivity contribution >= 4 is 0 Å². The second-order valence-corrected chi connectivity index (χ2v) is 5.32. The van der Waals surface area contributed by atoms with Crippen molar-refractivity contribution in [3.63, 3.8) is 0 Å². The van der Waals surface area contributed by atoms with Crippen molar-refractivity contribution in [1.82, 2.24) is 9.97 Å². The van der Waals surface area contributed by atoms with Gasteiger partial charge in [0.15, 0.2) is 0 Å². The van der Waals surface area contributed by atoms with Crippen molar-refractivity contribution in [2.75, 3.05) is 0 Å². The highest BCUT2D eigenvalue weighted by molar-refractivity contribution is 5.65. The Morgan fingerprint density at radius 1 is 1.06 bits per heavy atom. The number of rotatable bonds is 1. The van der Waals surface area contributed by atoms with E-state index in [-0.39, 0.29) is 5.41 Å². The van der Waals surface area contributed by atoms with E-state index in [9.17, 15) is 0 Å². The highest BCUT2D eigenvalue weighted by atomic mass is 14.8. The molecular weight excluding hydrogens is 208 g/mol. The smallest absolute Gasteiger partial charge is 0.116 e. The standard InChI is InChI=1S/C15H18N2/c1-11-12(14-8-9-16-10-17-14)6-5-7-13(11)15(2,3)4/h5-10H,1-4H3. The molecule has 17 heavy (non-hydrogen) atoms. The molecule has 0 unspecified atom stereocenters. The summed E-state index contributed by atoms with van der Waals surface area (Å²) in [6.45, 7) is 8.87. The van der Waals surface area contributed by atoms with Crippen LogP contribution in [-0.4, -0.2) is 9.97 Å². The topological polar surface area (TPSA) is 25.8 Å². The van der Waals surface area contributed by atoms with Crippen LogP contribution in [0.2, 0.25) is 0 Å². The molecule has 0 bridgehead atoms. The summed E-state index contributed by atoms with van der Waals surface area (Å²) in [7, 11) is 0. The van der Waals surface area contributed by atoms with Crippen molar-refractivity contribution in [3.8, 4) is 11.3 Å². The monoisotopic (exact) mass is 226 g/mol. The lowest BCUT2D eigenvalue weighted by atomic mass is 9.82. The zero-order chi connectivity index (χ0) is 12.5. The first-order chi connectivity index (χ1) is 8.00. The SMILES string of the molecule is Cc1c(-c2ccncn2)cccc1C(C)(C)C. The van der Waals surface area contributed by atoms with E-state index >= 15 is 0 Å². The number of aromatic nitrogens is 2. The van der Waals surface area contributed by atoms with Crippen LogP contribution < -0.4 is 0 Å². The zero-order valence-electron chi connectivity index (χ0n) is 10.9. The van der Waals surface area contributed by atoms with Gasteiger partial charge >= 0.3 is 0 Å². The lowest BCUT2D eigenvalue weighted by Crippen LogP contribution is -2.13. The zero-order valence-corrected chi connectivity index (χ0v) is 10.9. The maximum Gasteiger partial charge on any atom is 0.116 e. The molecule has 2 aromatic rings. The second kappa shape index (κ2) is 4.28. The molecule has 0 amide bonds. The van der Waals surface area contributed by atoms with E-state index in [1.54, 1.807) is 12.5 Å². The van der Waals surface area contributed by atoms with Gasteiger partial charge in [0.2, 0.25) is 0 Å². The average Bonchev–Trinajstić information content (AvgIpc) is 2.29. The molecule has 0 saturated heterocycles. The van der Waals surface area contributed by atoms with Gasteiger partial charge in [0.1, 0.15) is 6.33 Å². The molecule has 88 valence electrons. The minimum Gasteiger partial charge on any atom is -0.245 e. The van der Waals surface area contributed by atoms with Gasteiger partial charge in [0.25, 0.3) is 0 Å². The maximum absolute atomic E-state index is 4.32. The third-order valence-electron chi connectivity index (χ3n) is 3.00.